The molecule has 31 heavy (non-hydrogen) atoms. The first-order chi connectivity index (χ1) is 15.2. The number of aryl methyl sites for hydroxylation is 1. The van der Waals surface area contributed by atoms with Gasteiger partial charge in [-0.15, -0.1) is 23.5 Å². The highest BCUT2D eigenvalue weighted by Gasteiger charge is 2.21. The number of nitrogens with zero attached hydrogens (tertiary/aromatic N) is 2. The SMILES string of the molecule is COc1ccc(-c2noc(CCC(=O)Oc3ccc(C4SCCS4)cc3OC)n2)cc1. The highest BCUT2D eigenvalue weighted by Crippen LogP contribution is 2.47. The third-order valence-corrected chi connectivity index (χ3v) is 7.77. The fraction of sp³-hybridized carbons (Fsp3) is 0.318. The average Bonchev–Trinajstić information content (AvgIpc) is 3.50. The summed E-state index contributed by atoms with van der Waals surface area (Å²) in [6, 6.07) is 13.1. The van der Waals surface area contributed by atoms with Gasteiger partial charge in [0.15, 0.2) is 11.5 Å². The van der Waals surface area contributed by atoms with Crippen molar-refractivity contribution in [3.63, 3.8) is 0 Å². The number of benzene rings is 2. The quantitative estimate of drug-likeness (QED) is 0.350. The predicted molar refractivity (Wildman–Crippen MR) is 121 cm³/mol. The van der Waals surface area contributed by atoms with Crippen molar-refractivity contribution < 1.29 is 23.5 Å². The molecule has 162 valence electrons. The lowest BCUT2D eigenvalue weighted by molar-refractivity contribution is -0.134. The van der Waals surface area contributed by atoms with Crippen LogP contribution in [0.4, 0.5) is 0 Å². The number of aromatic nitrogens is 2. The minimum Gasteiger partial charge on any atom is -0.497 e. The van der Waals surface area contributed by atoms with Crippen LogP contribution in [0.25, 0.3) is 11.4 Å². The molecule has 3 aromatic rings. The largest absolute Gasteiger partial charge is 0.497 e. The first-order valence-corrected chi connectivity index (χ1v) is 11.8. The van der Waals surface area contributed by atoms with Gasteiger partial charge in [-0.2, -0.15) is 4.98 Å². The zero-order valence-corrected chi connectivity index (χ0v) is 18.8. The van der Waals surface area contributed by atoms with Gasteiger partial charge in [-0.3, -0.25) is 4.79 Å². The molecule has 0 radical (unpaired) electrons. The molecule has 0 aliphatic carbocycles. The molecule has 7 nitrogen and oxygen atoms in total. The Hall–Kier alpha value is -2.65. The van der Waals surface area contributed by atoms with E-state index in [1.54, 1.807) is 20.3 Å². The molecule has 1 fully saturated rings. The molecule has 1 aliphatic heterocycles. The molecule has 0 N–H and O–H groups in total. The van der Waals surface area contributed by atoms with E-state index in [-0.39, 0.29) is 18.8 Å². The minimum absolute atomic E-state index is 0.115. The number of hydrogen-bond donors (Lipinski definition) is 0. The summed E-state index contributed by atoms with van der Waals surface area (Å²) in [7, 11) is 3.18. The van der Waals surface area contributed by atoms with Crippen LogP contribution in [-0.2, 0) is 11.2 Å². The van der Waals surface area contributed by atoms with Crippen LogP contribution in [0, 0.1) is 0 Å². The van der Waals surface area contributed by atoms with Crippen molar-refractivity contribution >= 4 is 29.5 Å². The van der Waals surface area contributed by atoms with E-state index in [9.17, 15) is 4.79 Å². The Morgan fingerprint density at radius 3 is 2.55 bits per heavy atom. The molecule has 4 rings (SSSR count). The van der Waals surface area contributed by atoms with E-state index in [1.165, 1.54) is 5.56 Å². The van der Waals surface area contributed by atoms with Crippen LogP contribution < -0.4 is 14.2 Å². The first kappa shape index (κ1) is 21.6. The number of thioether (sulfide) groups is 2. The van der Waals surface area contributed by atoms with Gasteiger partial charge < -0.3 is 18.7 Å². The van der Waals surface area contributed by atoms with Crippen LogP contribution in [0.3, 0.4) is 0 Å². The maximum absolute atomic E-state index is 12.4. The van der Waals surface area contributed by atoms with Gasteiger partial charge in [0, 0.05) is 23.5 Å². The Morgan fingerprint density at radius 1 is 1.06 bits per heavy atom. The second-order valence-corrected chi connectivity index (χ2v) is 9.42. The van der Waals surface area contributed by atoms with Crippen molar-refractivity contribution in [3.05, 3.63) is 53.9 Å². The maximum Gasteiger partial charge on any atom is 0.311 e. The van der Waals surface area contributed by atoms with Gasteiger partial charge in [0.2, 0.25) is 11.7 Å². The lowest BCUT2D eigenvalue weighted by atomic mass is 10.2. The number of ether oxygens (including phenoxy) is 3. The van der Waals surface area contributed by atoms with E-state index >= 15 is 0 Å². The maximum atomic E-state index is 12.4. The topological polar surface area (TPSA) is 83.7 Å². The normalized spacial score (nSPS) is 13.9. The summed E-state index contributed by atoms with van der Waals surface area (Å²) >= 11 is 3.82. The van der Waals surface area contributed by atoms with Crippen LogP contribution in [0.5, 0.6) is 17.2 Å². The van der Waals surface area contributed by atoms with Crippen molar-refractivity contribution in [1.29, 1.82) is 0 Å². The summed E-state index contributed by atoms with van der Waals surface area (Å²) in [6.07, 6.45) is 0.404. The highest BCUT2D eigenvalue weighted by atomic mass is 32.2. The number of rotatable bonds is 8. The molecule has 0 amide bonds. The van der Waals surface area contributed by atoms with Gasteiger partial charge in [-0.25, -0.2) is 0 Å². The zero-order valence-electron chi connectivity index (χ0n) is 17.2. The number of esters is 1. The van der Waals surface area contributed by atoms with Crippen molar-refractivity contribution in [2.75, 3.05) is 25.7 Å². The number of hydrogen-bond acceptors (Lipinski definition) is 9. The molecular weight excluding hydrogens is 436 g/mol. The van der Waals surface area contributed by atoms with Gasteiger partial charge in [0.25, 0.3) is 0 Å². The molecule has 0 spiro atoms. The Morgan fingerprint density at radius 2 is 1.84 bits per heavy atom. The van der Waals surface area contributed by atoms with E-state index in [0.717, 1.165) is 22.8 Å². The summed E-state index contributed by atoms with van der Waals surface area (Å²) in [6.45, 7) is 0. The van der Waals surface area contributed by atoms with E-state index in [4.69, 9.17) is 18.7 Å². The lowest BCUT2D eigenvalue weighted by Crippen LogP contribution is -2.10. The first-order valence-electron chi connectivity index (χ1n) is 9.75. The summed E-state index contributed by atoms with van der Waals surface area (Å²) < 4.78 is 21.8. The van der Waals surface area contributed by atoms with Crippen molar-refractivity contribution in [3.8, 4) is 28.6 Å². The van der Waals surface area contributed by atoms with Crippen LogP contribution in [0.1, 0.15) is 22.5 Å². The molecule has 1 aliphatic rings. The summed E-state index contributed by atoms with van der Waals surface area (Å²) in [5, 5.41) is 3.98. The van der Waals surface area contributed by atoms with Crippen LogP contribution in [0.15, 0.2) is 47.0 Å². The average molecular weight is 459 g/mol. The summed E-state index contributed by atoms with van der Waals surface area (Å²) in [4.78, 5) is 16.7. The van der Waals surface area contributed by atoms with E-state index in [0.29, 0.717) is 27.8 Å². The molecule has 0 bridgehead atoms. The molecule has 0 atom stereocenters. The smallest absolute Gasteiger partial charge is 0.311 e. The molecule has 2 heterocycles. The molecule has 2 aromatic carbocycles. The Labute approximate surface area is 188 Å². The van der Waals surface area contributed by atoms with Gasteiger partial charge in [-0.05, 0) is 42.0 Å². The number of carbonyl (C=O) groups excluding carboxylic acids is 1. The second-order valence-electron chi connectivity index (χ2n) is 6.70. The summed E-state index contributed by atoms with van der Waals surface area (Å²) in [5.74, 6) is 4.45. The number of methoxy groups -OCH3 is 2. The predicted octanol–water partition coefficient (Wildman–Crippen LogP) is 4.77. The van der Waals surface area contributed by atoms with Crippen molar-refractivity contribution in [1.82, 2.24) is 10.1 Å². The fourth-order valence-corrected chi connectivity index (χ4v) is 5.90. The molecular formula is C22H22N2O5S2. The van der Waals surface area contributed by atoms with Gasteiger partial charge in [-0.1, -0.05) is 11.2 Å². The Balaban J connectivity index is 1.34. The van der Waals surface area contributed by atoms with E-state index < -0.39 is 0 Å². The van der Waals surface area contributed by atoms with Crippen LogP contribution in [-0.4, -0.2) is 41.8 Å². The van der Waals surface area contributed by atoms with Crippen LogP contribution >= 0.6 is 23.5 Å². The molecule has 1 saturated heterocycles. The van der Waals surface area contributed by atoms with E-state index in [2.05, 4.69) is 10.1 Å². The fourth-order valence-electron chi connectivity index (χ4n) is 3.06. The van der Waals surface area contributed by atoms with Crippen molar-refractivity contribution in [2.45, 2.75) is 17.4 Å². The highest BCUT2D eigenvalue weighted by molar-refractivity contribution is 8.19. The molecule has 0 unspecified atom stereocenters. The molecule has 0 saturated carbocycles. The zero-order chi connectivity index (χ0) is 21.6. The van der Waals surface area contributed by atoms with E-state index in [1.807, 2.05) is 59.9 Å². The second kappa shape index (κ2) is 10.1. The van der Waals surface area contributed by atoms with Gasteiger partial charge >= 0.3 is 5.97 Å². The summed E-state index contributed by atoms with van der Waals surface area (Å²) in [5.41, 5.74) is 1.97. The molecule has 9 heteroatoms. The monoisotopic (exact) mass is 458 g/mol. The Bertz CT molecular complexity index is 1030. The minimum atomic E-state index is -0.389. The Kier molecular flexibility index (Phi) is 7.03. The third-order valence-electron chi connectivity index (χ3n) is 4.66. The van der Waals surface area contributed by atoms with Crippen LogP contribution in [0.2, 0.25) is 0 Å². The van der Waals surface area contributed by atoms with Gasteiger partial charge in [0.1, 0.15) is 5.75 Å². The third kappa shape index (κ3) is 5.34. The molecule has 1 aromatic heterocycles. The number of carbonyl (C=O) groups is 1. The lowest BCUT2D eigenvalue weighted by Gasteiger charge is -2.13. The van der Waals surface area contributed by atoms with Crippen molar-refractivity contribution in [2.24, 2.45) is 0 Å². The standard InChI is InChI=1S/C22H22N2O5S2/c1-26-16-6-3-14(4-7-16)21-23-19(29-24-21)9-10-20(25)28-17-8-5-15(13-18(17)27-2)22-30-11-12-31-22/h3-8,13,22H,9-12H2,1-2H3. The van der Waals surface area contributed by atoms with Gasteiger partial charge in [0.05, 0.1) is 25.2 Å².